The Labute approximate surface area is 147 Å². The fraction of sp³-hybridized carbons (Fsp3) is 0. The Kier molecular flexibility index (Phi) is 3.91. The first kappa shape index (κ1) is 15.3. The lowest BCUT2D eigenvalue weighted by Gasteiger charge is -2.06. The molecule has 0 radical (unpaired) electrons. The maximum absolute atomic E-state index is 10.4. The first-order valence-electron chi connectivity index (χ1n) is 7.48. The van der Waals surface area contributed by atoms with Gasteiger partial charge in [-0.3, -0.25) is 4.57 Å². The molecule has 0 spiro atoms. The second-order valence-corrected chi connectivity index (χ2v) is 6.20. The third-order valence-electron chi connectivity index (χ3n) is 3.56. The first-order chi connectivity index (χ1) is 12.2. The smallest absolute Gasteiger partial charge is 0.281 e. The molecule has 0 amide bonds. The molecule has 2 heterocycles. The summed E-state index contributed by atoms with van der Waals surface area (Å²) in [6.45, 7) is 0. The Morgan fingerprint density at radius 1 is 0.880 bits per heavy atom. The molecule has 6 nitrogen and oxygen atoms in total. The van der Waals surface area contributed by atoms with Crippen LogP contribution in [0.5, 0.6) is 11.8 Å². The molecule has 2 N–H and O–H groups in total. The maximum Gasteiger partial charge on any atom is 0.281 e. The standard InChI is InChI=1S/C18H13N3O3S/c22-15-11-14(17(23)21(15)13-9-5-2-6-10-13)25-18-20-19-16(24-18)12-7-3-1-4-8-12/h1-11,22-23H. The van der Waals surface area contributed by atoms with Crippen LogP contribution in [0.4, 0.5) is 0 Å². The van der Waals surface area contributed by atoms with Gasteiger partial charge in [0.15, 0.2) is 5.88 Å². The Hall–Kier alpha value is -3.19. The van der Waals surface area contributed by atoms with Crippen molar-refractivity contribution < 1.29 is 14.6 Å². The molecule has 0 unspecified atom stereocenters. The molecule has 4 rings (SSSR count). The second kappa shape index (κ2) is 6.37. The van der Waals surface area contributed by atoms with Gasteiger partial charge in [0.1, 0.15) is 0 Å². The Balaban J connectivity index is 1.63. The summed E-state index contributed by atoms with van der Waals surface area (Å²) in [5.74, 6) is 0.233. The summed E-state index contributed by atoms with van der Waals surface area (Å²) < 4.78 is 6.97. The minimum Gasteiger partial charge on any atom is -0.494 e. The number of benzene rings is 2. The van der Waals surface area contributed by atoms with Gasteiger partial charge in [0.05, 0.1) is 10.6 Å². The van der Waals surface area contributed by atoms with E-state index in [1.54, 1.807) is 12.1 Å². The average molecular weight is 351 g/mol. The van der Waals surface area contributed by atoms with Gasteiger partial charge >= 0.3 is 0 Å². The molecule has 4 aromatic rings. The van der Waals surface area contributed by atoms with Crippen molar-refractivity contribution in [2.24, 2.45) is 0 Å². The number of para-hydroxylation sites is 1. The lowest BCUT2D eigenvalue weighted by molar-refractivity contribution is 0.398. The van der Waals surface area contributed by atoms with Gasteiger partial charge in [-0.2, -0.15) is 0 Å². The second-order valence-electron chi connectivity index (χ2n) is 5.20. The molecule has 25 heavy (non-hydrogen) atoms. The largest absolute Gasteiger partial charge is 0.494 e. The van der Waals surface area contributed by atoms with Gasteiger partial charge in [0.2, 0.25) is 11.8 Å². The van der Waals surface area contributed by atoms with Crippen molar-refractivity contribution in [3.8, 4) is 28.9 Å². The van der Waals surface area contributed by atoms with Crippen molar-refractivity contribution >= 4 is 11.8 Å². The van der Waals surface area contributed by atoms with Crippen LogP contribution in [0.15, 0.2) is 81.3 Å². The number of nitrogens with zero attached hydrogens (tertiary/aromatic N) is 3. The van der Waals surface area contributed by atoms with Gasteiger partial charge in [0.25, 0.3) is 5.22 Å². The first-order valence-corrected chi connectivity index (χ1v) is 8.30. The van der Waals surface area contributed by atoms with E-state index in [0.717, 1.165) is 17.3 Å². The molecule has 0 fully saturated rings. The summed E-state index contributed by atoms with van der Waals surface area (Å²) in [4.78, 5) is 0.421. The highest BCUT2D eigenvalue weighted by atomic mass is 32.2. The number of rotatable bonds is 4. The molecule has 0 bridgehead atoms. The predicted molar refractivity (Wildman–Crippen MR) is 93.0 cm³/mol. The third-order valence-corrected chi connectivity index (χ3v) is 4.42. The highest BCUT2D eigenvalue weighted by Gasteiger charge is 2.19. The van der Waals surface area contributed by atoms with Crippen LogP contribution < -0.4 is 0 Å². The lowest BCUT2D eigenvalue weighted by atomic mass is 10.2. The van der Waals surface area contributed by atoms with Crippen molar-refractivity contribution in [3.05, 3.63) is 66.7 Å². The van der Waals surface area contributed by atoms with Crippen LogP contribution in [0.2, 0.25) is 0 Å². The van der Waals surface area contributed by atoms with E-state index in [1.165, 1.54) is 10.6 Å². The molecule has 0 atom stereocenters. The van der Waals surface area contributed by atoms with E-state index in [1.807, 2.05) is 48.5 Å². The molecule has 2 aromatic carbocycles. The number of hydrogen-bond acceptors (Lipinski definition) is 6. The maximum atomic E-state index is 10.4. The normalized spacial score (nSPS) is 10.9. The van der Waals surface area contributed by atoms with Crippen LogP contribution in [0.1, 0.15) is 0 Å². The molecular formula is C18H13N3O3S. The Bertz CT molecular complexity index is 997. The molecule has 0 aliphatic heterocycles. The molecule has 2 aromatic heterocycles. The van der Waals surface area contributed by atoms with Gasteiger partial charge in [-0.05, 0) is 36.0 Å². The van der Waals surface area contributed by atoms with E-state index < -0.39 is 0 Å². The van der Waals surface area contributed by atoms with Gasteiger partial charge in [-0.1, -0.05) is 36.4 Å². The van der Waals surface area contributed by atoms with Crippen LogP contribution >= 0.6 is 11.8 Å². The monoisotopic (exact) mass is 351 g/mol. The van der Waals surface area contributed by atoms with Crippen molar-refractivity contribution in [1.82, 2.24) is 14.8 Å². The molecule has 0 aliphatic rings. The summed E-state index contributed by atoms with van der Waals surface area (Å²) in [5, 5.41) is 28.9. The highest BCUT2D eigenvalue weighted by Crippen LogP contribution is 2.41. The van der Waals surface area contributed by atoms with Crippen LogP contribution in [0, 0.1) is 0 Å². The number of aromatic hydroxyl groups is 2. The average Bonchev–Trinajstić information content (AvgIpc) is 3.22. The quantitative estimate of drug-likeness (QED) is 0.576. The summed E-state index contributed by atoms with van der Waals surface area (Å²) in [6.07, 6.45) is 0. The number of aromatic nitrogens is 3. The van der Waals surface area contributed by atoms with E-state index in [0.29, 0.717) is 16.5 Å². The lowest BCUT2D eigenvalue weighted by Crippen LogP contribution is -1.91. The summed E-state index contributed by atoms with van der Waals surface area (Å²) in [7, 11) is 0. The molecular weight excluding hydrogens is 338 g/mol. The predicted octanol–water partition coefficient (Wildman–Crippen LogP) is 4.09. The van der Waals surface area contributed by atoms with Crippen molar-refractivity contribution in [2.45, 2.75) is 10.1 Å². The molecule has 124 valence electrons. The minimum atomic E-state index is -0.0897. The van der Waals surface area contributed by atoms with Crippen molar-refractivity contribution in [1.29, 1.82) is 0 Å². The molecule has 0 saturated heterocycles. The van der Waals surface area contributed by atoms with E-state index in [9.17, 15) is 10.2 Å². The van der Waals surface area contributed by atoms with Crippen LogP contribution in [0.25, 0.3) is 17.1 Å². The van der Waals surface area contributed by atoms with Crippen molar-refractivity contribution in [3.63, 3.8) is 0 Å². The SMILES string of the molecule is Oc1cc(Sc2nnc(-c3ccccc3)o2)c(O)n1-c1ccccc1. The van der Waals surface area contributed by atoms with Crippen LogP contribution in [0.3, 0.4) is 0 Å². The summed E-state index contributed by atoms with van der Waals surface area (Å²) in [5.41, 5.74) is 1.47. The fourth-order valence-electron chi connectivity index (χ4n) is 2.41. The van der Waals surface area contributed by atoms with E-state index in [-0.39, 0.29) is 17.0 Å². The minimum absolute atomic E-state index is 0.0750. The Morgan fingerprint density at radius 3 is 2.28 bits per heavy atom. The summed E-state index contributed by atoms with van der Waals surface area (Å²) >= 11 is 1.09. The fourth-order valence-corrected chi connectivity index (χ4v) is 3.15. The zero-order chi connectivity index (χ0) is 17.2. The van der Waals surface area contributed by atoms with Gasteiger partial charge in [-0.15, -0.1) is 10.2 Å². The highest BCUT2D eigenvalue weighted by molar-refractivity contribution is 7.99. The van der Waals surface area contributed by atoms with Gasteiger partial charge in [-0.25, -0.2) is 0 Å². The van der Waals surface area contributed by atoms with E-state index >= 15 is 0 Å². The molecule has 7 heteroatoms. The molecule has 0 aliphatic carbocycles. The topological polar surface area (TPSA) is 84.3 Å². The van der Waals surface area contributed by atoms with Crippen molar-refractivity contribution in [2.75, 3.05) is 0 Å². The van der Waals surface area contributed by atoms with Gasteiger partial charge in [0, 0.05) is 11.6 Å². The third kappa shape index (κ3) is 2.97. The zero-order valence-electron chi connectivity index (χ0n) is 12.9. The summed E-state index contributed by atoms with van der Waals surface area (Å²) in [6, 6.07) is 20.0. The molecule has 0 saturated carbocycles. The van der Waals surface area contributed by atoms with Crippen LogP contribution in [-0.2, 0) is 0 Å². The van der Waals surface area contributed by atoms with Gasteiger partial charge < -0.3 is 14.6 Å². The zero-order valence-corrected chi connectivity index (χ0v) is 13.7. The van der Waals surface area contributed by atoms with E-state index in [2.05, 4.69) is 10.2 Å². The number of hydrogen-bond donors (Lipinski definition) is 2. The van der Waals surface area contributed by atoms with E-state index in [4.69, 9.17) is 4.42 Å². The Morgan fingerprint density at radius 2 is 1.56 bits per heavy atom. The van der Waals surface area contributed by atoms with Crippen LogP contribution in [-0.4, -0.2) is 25.0 Å².